The maximum Gasteiger partial charge on any atom is 0.258 e. The second-order valence-corrected chi connectivity index (χ2v) is 5.61. The number of hydrogen-bond donors (Lipinski definition) is 2. The Balaban J connectivity index is 2.58. The number of amides is 2. The van der Waals surface area contributed by atoms with Gasteiger partial charge in [-0.1, -0.05) is 36.2 Å². The topological polar surface area (TPSA) is 81.4 Å². The molecule has 0 radical (unpaired) electrons. The largest absolute Gasteiger partial charge is 0.481 e. The lowest BCUT2D eigenvalue weighted by Gasteiger charge is -2.21. The lowest BCUT2D eigenvalue weighted by molar-refractivity contribution is -0.129. The number of nitrogens with one attached hydrogen (secondary N) is 1. The molecule has 0 aliphatic heterocycles. The smallest absolute Gasteiger partial charge is 0.258 e. The SMILES string of the molecule is CCC(C)C(NC(=O)COc1ccc(Br)cc1F)C(N)=O. The summed E-state index contributed by atoms with van der Waals surface area (Å²) < 4.78 is 19.2. The van der Waals surface area contributed by atoms with Crippen LogP contribution >= 0.6 is 15.9 Å². The standard InChI is InChI=1S/C14H18BrFN2O3/c1-3-8(2)13(14(17)20)18-12(19)7-21-11-5-4-9(15)6-10(11)16/h4-6,8,13H,3,7H2,1-2H3,(H2,17,20)(H,18,19). The summed E-state index contributed by atoms with van der Waals surface area (Å²) in [5.74, 6) is -1.83. The third kappa shape index (κ3) is 5.34. The maximum atomic E-state index is 13.5. The van der Waals surface area contributed by atoms with Crippen LogP contribution < -0.4 is 15.8 Å². The van der Waals surface area contributed by atoms with E-state index in [0.717, 1.165) is 0 Å². The molecule has 0 saturated carbocycles. The molecule has 1 aromatic rings. The number of carbonyl (C=O) groups excluding carboxylic acids is 2. The molecular formula is C14H18BrFN2O3. The van der Waals surface area contributed by atoms with Gasteiger partial charge in [0.2, 0.25) is 5.91 Å². The zero-order valence-corrected chi connectivity index (χ0v) is 13.4. The molecule has 21 heavy (non-hydrogen) atoms. The molecule has 1 aromatic carbocycles. The fourth-order valence-electron chi connectivity index (χ4n) is 1.68. The summed E-state index contributed by atoms with van der Waals surface area (Å²) in [7, 11) is 0. The van der Waals surface area contributed by atoms with Gasteiger partial charge in [0.05, 0.1) is 0 Å². The van der Waals surface area contributed by atoms with Crippen LogP contribution in [-0.4, -0.2) is 24.5 Å². The van der Waals surface area contributed by atoms with Crippen LogP contribution in [-0.2, 0) is 9.59 Å². The summed E-state index contributed by atoms with van der Waals surface area (Å²) in [6, 6.07) is 3.48. The molecule has 2 atom stereocenters. The van der Waals surface area contributed by atoms with Crippen molar-refractivity contribution in [2.75, 3.05) is 6.61 Å². The van der Waals surface area contributed by atoms with Crippen molar-refractivity contribution in [2.45, 2.75) is 26.3 Å². The third-order valence-electron chi connectivity index (χ3n) is 3.09. The van der Waals surface area contributed by atoms with Crippen molar-refractivity contribution in [1.29, 1.82) is 0 Å². The van der Waals surface area contributed by atoms with E-state index in [0.29, 0.717) is 10.9 Å². The Morgan fingerprint density at radius 1 is 1.48 bits per heavy atom. The molecule has 0 aromatic heterocycles. The quantitative estimate of drug-likeness (QED) is 0.779. The van der Waals surface area contributed by atoms with Crippen LogP contribution in [0.3, 0.4) is 0 Å². The average Bonchev–Trinajstić information content (AvgIpc) is 2.42. The molecule has 0 aliphatic rings. The predicted octanol–water partition coefficient (Wildman–Crippen LogP) is 1.98. The van der Waals surface area contributed by atoms with Gasteiger partial charge in [0.25, 0.3) is 5.91 Å². The van der Waals surface area contributed by atoms with Crippen molar-refractivity contribution in [2.24, 2.45) is 11.7 Å². The number of nitrogens with two attached hydrogens (primary N) is 1. The van der Waals surface area contributed by atoms with Crippen LogP contribution in [0.4, 0.5) is 4.39 Å². The van der Waals surface area contributed by atoms with Gasteiger partial charge in [-0.2, -0.15) is 0 Å². The van der Waals surface area contributed by atoms with Crippen LogP contribution in [0.15, 0.2) is 22.7 Å². The molecule has 3 N–H and O–H groups in total. The number of benzene rings is 1. The van der Waals surface area contributed by atoms with E-state index in [1.54, 1.807) is 6.07 Å². The molecule has 0 heterocycles. The Morgan fingerprint density at radius 2 is 2.14 bits per heavy atom. The minimum Gasteiger partial charge on any atom is -0.481 e. The molecule has 0 spiro atoms. The van der Waals surface area contributed by atoms with Gasteiger partial charge in [0.15, 0.2) is 18.2 Å². The minimum atomic E-state index is -0.763. The predicted molar refractivity (Wildman–Crippen MR) is 80.2 cm³/mol. The summed E-state index contributed by atoms with van der Waals surface area (Å²) in [5.41, 5.74) is 5.25. The van der Waals surface area contributed by atoms with E-state index in [1.807, 2.05) is 13.8 Å². The molecule has 116 valence electrons. The molecule has 0 aliphatic carbocycles. The Hall–Kier alpha value is -1.63. The Kier molecular flexibility index (Phi) is 6.61. The summed E-state index contributed by atoms with van der Waals surface area (Å²) >= 11 is 3.12. The number of ether oxygens (including phenoxy) is 1. The summed E-state index contributed by atoms with van der Waals surface area (Å²) in [5, 5.41) is 2.50. The van der Waals surface area contributed by atoms with Gasteiger partial charge in [-0.25, -0.2) is 4.39 Å². The van der Waals surface area contributed by atoms with Gasteiger partial charge in [-0.05, 0) is 24.1 Å². The third-order valence-corrected chi connectivity index (χ3v) is 3.58. The summed E-state index contributed by atoms with van der Waals surface area (Å²) in [6.45, 7) is 3.31. The van der Waals surface area contributed by atoms with Gasteiger partial charge >= 0.3 is 0 Å². The molecule has 1 rings (SSSR count). The molecule has 2 amide bonds. The monoisotopic (exact) mass is 360 g/mol. The first-order valence-corrected chi connectivity index (χ1v) is 7.31. The Morgan fingerprint density at radius 3 is 2.67 bits per heavy atom. The minimum absolute atomic E-state index is 0.0347. The number of halogens is 2. The molecule has 5 nitrogen and oxygen atoms in total. The van der Waals surface area contributed by atoms with Gasteiger partial charge in [-0.3, -0.25) is 9.59 Å². The van der Waals surface area contributed by atoms with Crippen molar-refractivity contribution >= 4 is 27.7 Å². The molecule has 0 saturated heterocycles. The first-order chi connectivity index (χ1) is 9.85. The molecule has 7 heteroatoms. The van der Waals surface area contributed by atoms with E-state index in [2.05, 4.69) is 21.2 Å². The van der Waals surface area contributed by atoms with Crippen LogP contribution in [0.5, 0.6) is 5.75 Å². The second kappa shape index (κ2) is 7.97. The van der Waals surface area contributed by atoms with Crippen LogP contribution in [0.25, 0.3) is 0 Å². The lowest BCUT2D eigenvalue weighted by Crippen LogP contribution is -2.49. The van der Waals surface area contributed by atoms with Crippen molar-refractivity contribution in [1.82, 2.24) is 5.32 Å². The van der Waals surface area contributed by atoms with Gasteiger partial charge in [-0.15, -0.1) is 0 Å². The van der Waals surface area contributed by atoms with Crippen molar-refractivity contribution in [3.05, 3.63) is 28.5 Å². The summed E-state index contributed by atoms with van der Waals surface area (Å²) in [6.07, 6.45) is 0.691. The number of hydrogen-bond acceptors (Lipinski definition) is 3. The van der Waals surface area contributed by atoms with Gasteiger partial charge in [0.1, 0.15) is 6.04 Å². The van der Waals surface area contributed by atoms with Crippen molar-refractivity contribution in [3.8, 4) is 5.75 Å². The normalized spacial score (nSPS) is 13.3. The highest BCUT2D eigenvalue weighted by Gasteiger charge is 2.23. The van der Waals surface area contributed by atoms with E-state index < -0.39 is 30.3 Å². The van der Waals surface area contributed by atoms with Crippen LogP contribution in [0.1, 0.15) is 20.3 Å². The van der Waals surface area contributed by atoms with Crippen molar-refractivity contribution < 1.29 is 18.7 Å². The highest BCUT2D eigenvalue weighted by molar-refractivity contribution is 9.10. The van der Waals surface area contributed by atoms with E-state index in [9.17, 15) is 14.0 Å². The van der Waals surface area contributed by atoms with Crippen LogP contribution in [0.2, 0.25) is 0 Å². The Labute approximate surface area is 131 Å². The van der Waals surface area contributed by atoms with Crippen LogP contribution in [0, 0.1) is 11.7 Å². The zero-order chi connectivity index (χ0) is 16.0. The second-order valence-electron chi connectivity index (χ2n) is 4.70. The molecule has 0 fully saturated rings. The fraction of sp³-hybridized carbons (Fsp3) is 0.429. The maximum absolute atomic E-state index is 13.5. The lowest BCUT2D eigenvalue weighted by atomic mass is 9.99. The Bertz CT molecular complexity index is 525. The molecule has 2 unspecified atom stereocenters. The molecule has 0 bridgehead atoms. The molecular weight excluding hydrogens is 343 g/mol. The highest BCUT2D eigenvalue weighted by Crippen LogP contribution is 2.21. The number of carbonyl (C=O) groups is 2. The first-order valence-electron chi connectivity index (χ1n) is 6.51. The fourth-order valence-corrected chi connectivity index (χ4v) is 2.01. The number of rotatable bonds is 7. The average molecular weight is 361 g/mol. The van der Waals surface area contributed by atoms with Crippen molar-refractivity contribution in [3.63, 3.8) is 0 Å². The first kappa shape index (κ1) is 17.4. The van der Waals surface area contributed by atoms with E-state index in [1.165, 1.54) is 12.1 Å². The van der Waals surface area contributed by atoms with E-state index >= 15 is 0 Å². The van der Waals surface area contributed by atoms with E-state index in [4.69, 9.17) is 10.5 Å². The van der Waals surface area contributed by atoms with E-state index in [-0.39, 0.29) is 11.7 Å². The number of primary amides is 1. The summed E-state index contributed by atoms with van der Waals surface area (Å²) in [4.78, 5) is 23.1. The zero-order valence-electron chi connectivity index (χ0n) is 11.9. The van der Waals surface area contributed by atoms with Gasteiger partial charge < -0.3 is 15.8 Å². The highest BCUT2D eigenvalue weighted by atomic mass is 79.9. The van der Waals surface area contributed by atoms with Gasteiger partial charge in [0, 0.05) is 4.47 Å².